The van der Waals surface area contributed by atoms with Gasteiger partial charge in [0.25, 0.3) is 0 Å². The van der Waals surface area contributed by atoms with Gasteiger partial charge in [0, 0.05) is 31.9 Å². The first-order valence-corrected chi connectivity index (χ1v) is 6.30. The van der Waals surface area contributed by atoms with Crippen molar-refractivity contribution < 1.29 is 5.11 Å². The topological polar surface area (TPSA) is 46.2 Å². The third-order valence-electron chi connectivity index (χ3n) is 2.60. The van der Waals surface area contributed by atoms with Gasteiger partial charge in [-0.3, -0.25) is 0 Å². The predicted molar refractivity (Wildman–Crippen MR) is 76.4 cm³/mol. The molecule has 94 valence electrons. The van der Waals surface area contributed by atoms with Crippen LogP contribution in [0.2, 0.25) is 15.1 Å². The van der Waals surface area contributed by atoms with Gasteiger partial charge in [-0.2, -0.15) is 0 Å². The Hall–Kier alpha value is -0.930. The van der Waals surface area contributed by atoms with Gasteiger partial charge in [0.05, 0.1) is 0 Å². The maximum absolute atomic E-state index is 10.3. The molecule has 2 aromatic carbocycles. The molecule has 0 aliphatic carbocycles. The van der Waals surface area contributed by atoms with Gasteiger partial charge in [-0.15, -0.1) is 0 Å². The largest absolute Gasteiger partial charge is 0.398 e. The average Bonchev–Trinajstić information content (AvgIpc) is 2.34. The first kappa shape index (κ1) is 13.5. The Balaban J connectivity index is 2.50. The van der Waals surface area contributed by atoms with E-state index in [0.29, 0.717) is 31.9 Å². The Morgan fingerprint density at radius 2 is 1.44 bits per heavy atom. The number of anilines is 1. The van der Waals surface area contributed by atoms with Crippen LogP contribution in [-0.2, 0) is 0 Å². The lowest BCUT2D eigenvalue weighted by Crippen LogP contribution is -2.04. The third-order valence-corrected chi connectivity index (χ3v) is 3.41. The molecule has 0 aliphatic heterocycles. The molecule has 1 atom stereocenters. The van der Waals surface area contributed by atoms with Crippen molar-refractivity contribution in [3.05, 3.63) is 62.6 Å². The summed E-state index contributed by atoms with van der Waals surface area (Å²) in [5.41, 5.74) is 7.27. The maximum atomic E-state index is 10.3. The Morgan fingerprint density at radius 3 is 2.11 bits per heavy atom. The van der Waals surface area contributed by atoms with Crippen molar-refractivity contribution >= 4 is 40.5 Å². The van der Waals surface area contributed by atoms with Crippen molar-refractivity contribution in [2.75, 3.05) is 5.73 Å². The van der Waals surface area contributed by atoms with Gasteiger partial charge in [-0.1, -0.05) is 34.8 Å². The number of halogens is 3. The van der Waals surface area contributed by atoms with Gasteiger partial charge in [0.15, 0.2) is 0 Å². The Morgan fingerprint density at radius 1 is 0.889 bits per heavy atom. The lowest BCUT2D eigenvalue weighted by atomic mass is 10.00. The summed E-state index contributed by atoms with van der Waals surface area (Å²) in [7, 11) is 0. The van der Waals surface area contributed by atoms with E-state index >= 15 is 0 Å². The van der Waals surface area contributed by atoms with Crippen molar-refractivity contribution in [2.45, 2.75) is 6.10 Å². The number of nitrogen functional groups attached to an aromatic ring is 1. The zero-order chi connectivity index (χ0) is 13.3. The molecule has 0 aliphatic rings. The third kappa shape index (κ3) is 2.73. The van der Waals surface area contributed by atoms with Crippen LogP contribution in [0.5, 0.6) is 0 Å². The molecule has 2 nitrogen and oxygen atoms in total. The van der Waals surface area contributed by atoms with Crippen LogP contribution in [0.25, 0.3) is 0 Å². The molecule has 0 heterocycles. The molecule has 0 aromatic heterocycles. The summed E-state index contributed by atoms with van der Waals surface area (Å²) < 4.78 is 0. The summed E-state index contributed by atoms with van der Waals surface area (Å²) in [4.78, 5) is 0. The minimum atomic E-state index is -0.963. The molecule has 0 radical (unpaired) electrons. The van der Waals surface area contributed by atoms with Gasteiger partial charge in [0.2, 0.25) is 0 Å². The van der Waals surface area contributed by atoms with Gasteiger partial charge in [-0.25, -0.2) is 0 Å². The Labute approximate surface area is 120 Å². The number of benzene rings is 2. The van der Waals surface area contributed by atoms with Crippen LogP contribution in [0.15, 0.2) is 36.4 Å². The van der Waals surface area contributed by atoms with E-state index in [1.807, 2.05) is 0 Å². The molecular weight excluding hydrogens is 293 g/mol. The second-order valence-electron chi connectivity index (χ2n) is 3.84. The highest BCUT2D eigenvalue weighted by molar-refractivity contribution is 6.33. The van der Waals surface area contributed by atoms with Gasteiger partial charge in [-0.05, 0) is 36.4 Å². The molecule has 2 aromatic rings. The van der Waals surface area contributed by atoms with E-state index in [0.717, 1.165) is 0 Å². The van der Waals surface area contributed by atoms with Crippen molar-refractivity contribution in [2.24, 2.45) is 0 Å². The standard InChI is InChI=1S/C13H10Cl3NO/c14-7-1-3-11(16)9(5-7)13(18)10-6-8(15)2-4-12(10)17/h1-6,13,18H,17H2/t13-/m1/s1. The number of hydrogen-bond acceptors (Lipinski definition) is 2. The number of aliphatic hydroxyl groups excluding tert-OH is 1. The minimum Gasteiger partial charge on any atom is -0.398 e. The van der Waals surface area contributed by atoms with E-state index in [1.165, 1.54) is 0 Å². The molecule has 0 saturated carbocycles. The SMILES string of the molecule is Nc1ccc(Cl)cc1[C@H](O)c1cc(Cl)ccc1Cl. The first-order valence-electron chi connectivity index (χ1n) is 5.17. The van der Waals surface area contributed by atoms with Gasteiger partial charge < -0.3 is 10.8 Å². The van der Waals surface area contributed by atoms with E-state index in [2.05, 4.69) is 0 Å². The van der Waals surface area contributed by atoms with E-state index in [1.54, 1.807) is 36.4 Å². The van der Waals surface area contributed by atoms with Gasteiger partial charge in [0.1, 0.15) is 6.10 Å². The lowest BCUT2D eigenvalue weighted by molar-refractivity contribution is 0.221. The van der Waals surface area contributed by atoms with Crippen LogP contribution in [-0.4, -0.2) is 5.11 Å². The summed E-state index contributed by atoms with van der Waals surface area (Å²) in [5.74, 6) is 0. The van der Waals surface area contributed by atoms with Crippen LogP contribution >= 0.6 is 34.8 Å². The molecule has 0 fully saturated rings. The molecule has 0 spiro atoms. The molecular formula is C13H10Cl3NO. The maximum Gasteiger partial charge on any atom is 0.108 e. The number of aliphatic hydroxyl groups is 1. The molecule has 0 saturated heterocycles. The summed E-state index contributed by atoms with van der Waals surface area (Å²) in [6.45, 7) is 0. The molecule has 0 unspecified atom stereocenters. The van der Waals surface area contributed by atoms with E-state index in [9.17, 15) is 5.11 Å². The van der Waals surface area contributed by atoms with E-state index in [-0.39, 0.29) is 0 Å². The molecule has 0 bridgehead atoms. The quantitative estimate of drug-likeness (QED) is 0.812. The van der Waals surface area contributed by atoms with E-state index < -0.39 is 6.10 Å². The first-order chi connectivity index (χ1) is 8.49. The Bertz CT molecular complexity index is 535. The highest BCUT2D eigenvalue weighted by Gasteiger charge is 2.17. The van der Waals surface area contributed by atoms with Crippen molar-refractivity contribution in [3.63, 3.8) is 0 Å². The smallest absolute Gasteiger partial charge is 0.108 e. The second kappa shape index (κ2) is 5.37. The van der Waals surface area contributed by atoms with Crippen LogP contribution < -0.4 is 5.73 Å². The number of nitrogens with two attached hydrogens (primary N) is 1. The molecule has 5 heteroatoms. The highest BCUT2D eigenvalue weighted by atomic mass is 35.5. The zero-order valence-electron chi connectivity index (χ0n) is 9.20. The minimum absolute atomic E-state index is 0.422. The molecule has 3 N–H and O–H groups in total. The summed E-state index contributed by atoms with van der Waals surface area (Å²) in [6, 6.07) is 9.80. The van der Waals surface area contributed by atoms with E-state index in [4.69, 9.17) is 40.5 Å². The van der Waals surface area contributed by atoms with Crippen LogP contribution in [0.3, 0.4) is 0 Å². The van der Waals surface area contributed by atoms with Gasteiger partial charge >= 0.3 is 0 Å². The average molecular weight is 303 g/mol. The second-order valence-corrected chi connectivity index (χ2v) is 5.12. The summed E-state index contributed by atoms with van der Waals surface area (Å²) >= 11 is 17.8. The molecule has 0 amide bonds. The monoisotopic (exact) mass is 301 g/mol. The summed E-state index contributed by atoms with van der Waals surface area (Å²) in [6.07, 6.45) is -0.963. The molecule has 2 rings (SSSR count). The fourth-order valence-electron chi connectivity index (χ4n) is 1.67. The summed E-state index contributed by atoms with van der Waals surface area (Å²) in [5, 5.41) is 11.7. The Kier molecular flexibility index (Phi) is 4.03. The van der Waals surface area contributed by atoms with Crippen LogP contribution in [0.4, 0.5) is 5.69 Å². The lowest BCUT2D eigenvalue weighted by Gasteiger charge is -2.16. The van der Waals surface area contributed by atoms with Crippen molar-refractivity contribution in [1.29, 1.82) is 0 Å². The normalized spacial score (nSPS) is 12.4. The van der Waals surface area contributed by atoms with Crippen molar-refractivity contribution in [1.82, 2.24) is 0 Å². The fraction of sp³-hybridized carbons (Fsp3) is 0.0769. The molecule has 18 heavy (non-hydrogen) atoms. The predicted octanol–water partition coefficient (Wildman–Crippen LogP) is 4.31. The van der Waals surface area contributed by atoms with Crippen LogP contribution in [0.1, 0.15) is 17.2 Å². The number of hydrogen-bond donors (Lipinski definition) is 2. The number of rotatable bonds is 2. The van der Waals surface area contributed by atoms with Crippen LogP contribution in [0, 0.1) is 0 Å². The highest BCUT2D eigenvalue weighted by Crippen LogP contribution is 2.34. The zero-order valence-corrected chi connectivity index (χ0v) is 11.5. The van der Waals surface area contributed by atoms with Crippen molar-refractivity contribution in [3.8, 4) is 0 Å². The fourth-order valence-corrected chi connectivity index (χ4v) is 2.26.